The molecule has 3 rings (SSSR count). The van der Waals surface area contributed by atoms with Gasteiger partial charge >= 0.3 is 0 Å². The Morgan fingerprint density at radius 3 is 2.43 bits per heavy atom. The third kappa shape index (κ3) is 6.07. The zero-order valence-electron chi connectivity index (χ0n) is 22.4. The number of carbonyl (C=O) groups excluding carboxylic acids is 2. The first-order valence-corrected chi connectivity index (χ1v) is 13.0. The number of phenols is 1. The second-order valence-corrected chi connectivity index (χ2v) is 9.29. The standard InChI is InChI=1S/C29H38N2O6/c1-6-9-16-37-23-13-11-21(17-19(23)4)27(33)25-26(20-10-12-22(32)24(18-20)36-5)31(29(35)28(25)34)15-14-30(7-2)8-3/h10-13,17-18,26,32-33H,6-9,14-16H2,1-5H3/b27-25+. The van der Waals surface area contributed by atoms with Crippen LogP contribution in [0.2, 0.25) is 0 Å². The Kier molecular flexibility index (Phi) is 9.58. The van der Waals surface area contributed by atoms with Gasteiger partial charge in [0, 0.05) is 5.57 Å². The highest BCUT2D eigenvalue weighted by molar-refractivity contribution is 6.46. The Bertz CT molecular complexity index is 1160. The Morgan fingerprint density at radius 2 is 1.81 bits per heavy atom. The van der Waals surface area contributed by atoms with Gasteiger partial charge in [-0.1, -0.05) is 31.2 Å². The molecule has 1 unspecified atom stereocenters. The lowest BCUT2D eigenvalue weighted by Gasteiger charge is -2.29. The Hall–Kier alpha value is -3.52. The molecule has 1 atom stereocenters. The number of nitrogens with one attached hydrogen (secondary N) is 1. The number of phenolic OH excluding ortho intramolecular Hbond substituents is 1. The summed E-state index contributed by atoms with van der Waals surface area (Å²) in [6, 6.07) is 8.84. The molecule has 0 bridgehead atoms. The fourth-order valence-corrected chi connectivity index (χ4v) is 4.63. The van der Waals surface area contributed by atoms with Crippen LogP contribution in [0.3, 0.4) is 0 Å². The number of benzene rings is 2. The summed E-state index contributed by atoms with van der Waals surface area (Å²) >= 11 is 0. The molecule has 2 aromatic rings. The van der Waals surface area contributed by atoms with Crippen molar-refractivity contribution < 1.29 is 34.2 Å². The highest BCUT2D eigenvalue weighted by Crippen LogP contribution is 2.41. The molecule has 0 radical (unpaired) electrons. The number of carbonyl (C=O) groups is 2. The highest BCUT2D eigenvalue weighted by atomic mass is 16.5. The first kappa shape index (κ1) is 28.1. The van der Waals surface area contributed by atoms with E-state index in [1.54, 1.807) is 30.3 Å². The van der Waals surface area contributed by atoms with Crippen LogP contribution >= 0.6 is 0 Å². The minimum absolute atomic E-state index is 0.0665. The third-order valence-corrected chi connectivity index (χ3v) is 6.95. The molecule has 2 aromatic carbocycles. The fraction of sp³-hybridized carbons (Fsp3) is 0.448. The zero-order valence-corrected chi connectivity index (χ0v) is 22.4. The van der Waals surface area contributed by atoms with E-state index in [0.717, 1.165) is 31.5 Å². The average Bonchev–Trinajstić information content (AvgIpc) is 3.15. The summed E-state index contributed by atoms with van der Waals surface area (Å²) in [6.07, 6.45) is 1.94. The van der Waals surface area contributed by atoms with E-state index >= 15 is 0 Å². The number of likely N-dealkylation sites (tertiary alicyclic amines) is 1. The largest absolute Gasteiger partial charge is 0.872 e. The van der Waals surface area contributed by atoms with Gasteiger partial charge in [0.2, 0.25) is 5.78 Å². The zero-order chi connectivity index (χ0) is 27.1. The first-order valence-electron chi connectivity index (χ1n) is 13.0. The van der Waals surface area contributed by atoms with Gasteiger partial charge in [0.25, 0.3) is 5.91 Å². The smallest absolute Gasteiger partial charge is 0.295 e. The number of quaternary nitrogens is 1. The van der Waals surface area contributed by atoms with E-state index in [4.69, 9.17) is 9.47 Å². The van der Waals surface area contributed by atoms with Crippen molar-refractivity contribution in [2.45, 2.75) is 46.6 Å². The van der Waals surface area contributed by atoms with Gasteiger partial charge in [-0.3, -0.25) is 9.59 Å². The van der Waals surface area contributed by atoms with Crippen molar-refractivity contribution in [3.63, 3.8) is 0 Å². The molecule has 0 aliphatic carbocycles. The van der Waals surface area contributed by atoms with Crippen molar-refractivity contribution in [3.8, 4) is 17.2 Å². The van der Waals surface area contributed by atoms with Gasteiger partial charge in [-0.2, -0.15) is 0 Å². The molecular weight excluding hydrogens is 472 g/mol. The quantitative estimate of drug-likeness (QED) is 0.196. The van der Waals surface area contributed by atoms with E-state index in [2.05, 4.69) is 20.8 Å². The predicted molar refractivity (Wildman–Crippen MR) is 140 cm³/mol. The molecule has 200 valence electrons. The number of nitrogens with zero attached hydrogens (tertiary/aromatic N) is 1. The van der Waals surface area contributed by atoms with Gasteiger partial charge in [0.1, 0.15) is 5.75 Å². The van der Waals surface area contributed by atoms with Gasteiger partial charge in [0.05, 0.1) is 45.9 Å². The number of likely N-dealkylation sites (N-methyl/N-ethyl adjacent to an activating group) is 1. The summed E-state index contributed by atoms with van der Waals surface area (Å²) in [5.41, 5.74) is 1.54. The number of hydrogen-bond donors (Lipinski definition) is 2. The van der Waals surface area contributed by atoms with E-state index in [0.29, 0.717) is 36.6 Å². The molecule has 1 heterocycles. The molecule has 8 heteroatoms. The van der Waals surface area contributed by atoms with Crippen LogP contribution in [-0.2, 0) is 9.59 Å². The molecule has 0 saturated carbocycles. The maximum absolute atomic E-state index is 13.8. The van der Waals surface area contributed by atoms with Crippen molar-refractivity contribution >= 4 is 17.4 Å². The van der Waals surface area contributed by atoms with E-state index in [9.17, 15) is 19.8 Å². The van der Waals surface area contributed by atoms with Crippen molar-refractivity contribution in [1.82, 2.24) is 4.90 Å². The summed E-state index contributed by atoms with van der Waals surface area (Å²) in [5.74, 6) is -1.15. The van der Waals surface area contributed by atoms with Crippen LogP contribution in [0.5, 0.6) is 17.2 Å². The van der Waals surface area contributed by atoms with Gasteiger partial charge in [-0.15, -0.1) is 0 Å². The number of aromatic hydroxyl groups is 1. The monoisotopic (exact) mass is 510 g/mol. The maximum Gasteiger partial charge on any atom is 0.295 e. The molecule has 0 spiro atoms. The van der Waals surface area contributed by atoms with Crippen molar-refractivity contribution in [2.24, 2.45) is 0 Å². The topological polar surface area (TPSA) is 104 Å². The molecule has 1 fully saturated rings. The highest BCUT2D eigenvalue weighted by Gasteiger charge is 2.44. The summed E-state index contributed by atoms with van der Waals surface area (Å²) in [7, 11) is 1.42. The van der Waals surface area contributed by atoms with E-state index in [1.165, 1.54) is 23.0 Å². The first-order chi connectivity index (χ1) is 17.8. The Labute approximate surface area is 219 Å². The maximum atomic E-state index is 13.8. The number of amides is 1. The minimum atomic E-state index is -0.877. The Balaban J connectivity index is 2.08. The van der Waals surface area contributed by atoms with Crippen molar-refractivity contribution in [2.75, 3.05) is 39.9 Å². The number of rotatable bonds is 12. The lowest BCUT2D eigenvalue weighted by Crippen LogP contribution is -3.12. The molecular formula is C29H38N2O6. The number of methoxy groups -OCH3 is 1. The molecule has 2 N–H and O–H groups in total. The molecule has 1 aliphatic heterocycles. The Morgan fingerprint density at radius 1 is 1.08 bits per heavy atom. The molecule has 37 heavy (non-hydrogen) atoms. The third-order valence-electron chi connectivity index (χ3n) is 6.95. The van der Waals surface area contributed by atoms with Crippen LogP contribution < -0.4 is 19.5 Å². The van der Waals surface area contributed by atoms with Crippen molar-refractivity contribution in [3.05, 3.63) is 58.7 Å². The van der Waals surface area contributed by atoms with E-state index in [1.807, 2.05) is 6.92 Å². The molecule has 1 aliphatic rings. The van der Waals surface area contributed by atoms with Crippen LogP contribution in [0.4, 0.5) is 0 Å². The molecule has 1 amide bonds. The van der Waals surface area contributed by atoms with Crippen LogP contribution in [0.25, 0.3) is 5.76 Å². The van der Waals surface area contributed by atoms with Gasteiger partial charge in [-0.05, 0) is 68.1 Å². The molecule has 8 nitrogen and oxygen atoms in total. The second kappa shape index (κ2) is 12.6. The number of Topliss-reactive ketones (excluding diaryl/α,β-unsaturated/α-hetero) is 1. The van der Waals surface area contributed by atoms with Gasteiger partial charge in [0.15, 0.2) is 11.5 Å². The predicted octanol–water partition coefficient (Wildman–Crippen LogP) is 2.04. The second-order valence-electron chi connectivity index (χ2n) is 9.29. The number of hydrogen-bond acceptors (Lipinski definition) is 6. The summed E-state index contributed by atoms with van der Waals surface area (Å²) in [6.45, 7) is 11.4. The molecule has 0 aromatic heterocycles. The normalized spacial score (nSPS) is 17.0. The van der Waals surface area contributed by atoms with Gasteiger partial charge < -0.3 is 29.5 Å². The number of unbranched alkanes of at least 4 members (excludes halogenated alkanes) is 1. The fourth-order valence-electron chi connectivity index (χ4n) is 4.63. The number of aryl methyl sites for hydroxylation is 1. The SMILES string of the molecule is CCCCOc1ccc(/C([O-])=C2\C(=O)C(=O)N(CC[NH+](CC)CC)C2c2ccc(O)c(OC)c2)cc1C. The summed E-state index contributed by atoms with van der Waals surface area (Å²) in [5, 5.41) is 23.9. The summed E-state index contributed by atoms with van der Waals surface area (Å²) < 4.78 is 11.1. The average molecular weight is 511 g/mol. The lowest BCUT2D eigenvalue weighted by molar-refractivity contribution is -0.895. The van der Waals surface area contributed by atoms with Crippen LogP contribution in [0.1, 0.15) is 56.3 Å². The molecule has 1 saturated heterocycles. The van der Waals surface area contributed by atoms with Crippen LogP contribution in [0, 0.1) is 6.92 Å². The van der Waals surface area contributed by atoms with E-state index in [-0.39, 0.29) is 17.1 Å². The summed E-state index contributed by atoms with van der Waals surface area (Å²) in [4.78, 5) is 29.2. The van der Waals surface area contributed by atoms with Crippen LogP contribution in [-0.4, -0.2) is 61.6 Å². The van der Waals surface area contributed by atoms with Crippen molar-refractivity contribution in [1.29, 1.82) is 0 Å². The number of ether oxygens (including phenoxy) is 2. The lowest BCUT2D eigenvalue weighted by atomic mass is 9.94. The number of ketones is 1. The van der Waals surface area contributed by atoms with E-state index < -0.39 is 23.5 Å². The van der Waals surface area contributed by atoms with Gasteiger partial charge in [-0.25, -0.2) is 0 Å². The minimum Gasteiger partial charge on any atom is -0.872 e. The van der Waals surface area contributed by atoms with Crippen LogP contribution in [0.15, 0.2) is 42.0 Å².